The zero-order chi connectivity index (χ0) is 10.5. The lowest BCUT2D eigenvalue weighted by molar-refractivity contribution is 0.302. The Morgan fingerprint density at radius 1 is 1.31 bits per heavy atom. The SMILES string of the molecule is CC(C)(C)[Si](C)(C)C=C=CCCO. The Balaban J connectivity index is 4.42. The third-order valence-corrected chi connectivity index (χ3v) is 7.52. The fraction of sp³-hybridized carbons (Fsp3) is 0.727. The summed E-state index contributed by atoms with van der Waals surface area (Å²) in [6.45, 7) is 11.7. The van der Waals surface area contributed by atoms with Gasteiger partial charge in [-0.3, -0.25) is 0 Å². The predicted molar refractivity (Wildman–Crippen MR) is 61.6 cm³/mol. The van der Waals surface area contributed by atoms with E-state index >= 15 is 0 Å². The Morgan fingerprint density at radius 2 is 1.85 bits per heavy atom. The molecule has 0 atom stereocenters. The van der Waals surface area contributed by atoms with Crippen LogP contribution in [0.2, 0.25) is 18.1 Å². The number of hydrogen-bond donors (Lipinski definition) is 1. The normalized spacial score (nSPS) is 12.2. The quantitative estimate of drug-likeness (QED) is 0.546. The standard InChI is InChI=1S/C11H22OSi/c1-11(2,3)13(4,5)10-8-6-7-9-12/h6,10,12H,7,9H2,1-5H3. The molecule has 0 fully saturated rings. The number of hydrogen-bond acceptors (Lipinski definition) is 1. The first kappa shape index (κ1) is 12.7. The summed E-state index contributed by atoms with van der Waals surface area (Å²) in [4.78, 5) is 0. The van der Waals surface area contributed by atoms with Crippen molar-refractivity contribution in [2.75, 3.05) is 6.61 Å². The third-order valence-electron chi connectivity index (χ3n) is 2.77. The molecule has 0 aliphatic rings. The highest BCUT2D eigenvalue weighted by Crippen LogP contribution is 2.36. The zero-order valence-corrected chi connectivity index (χ0v) is 10.5. The first-order valence-electron chi connectivity index (χ1n) is 4.84. The van der Waals surface area contributed by atoms with E-state index in [-0.39, 0.29) is 6.61 Å². The second-order valence-corrected chi connectivity index (χ2v) is 10.2. The molecule has 0 rings (SSSR count). The van der Waals surface area contributed by atoms with Gasteiger partial charge in [-0.05, 0) is 17.5 Å². The summed E-state index contributed by atoms with van der Waals surface area (Å²) in [5.74, 6) is 0. The van der Waals surface area contributed by atoms with E-state index in [1.807, 2.05) is 6.08 Å². The maximum absolute atomic E-state index is 8.58. The van der Waals surface area contributed by atoms with Gasteiger partial charge in [0, 0.05) is 6.61 Å². The molecule has 0 unspecified atom stereocenters. The van der Waals surface area contributed by atoms with E-state index < -0.39 is 8.07 Å². The van der Waals surface area contributed by atoms with E-state index in [2.05, 4.69) is 45.3 Å². The van der Waals surface area contributed by atoms with Crippen molar-refractivity contribution in [2.24, 2.45) is 0 Å². The molecule has 0 amide bonds. The highest BCUT2D eigenvalue weighted by molar-refractivity contribution is 6.84. The lowest BCUT2D eigenvalue weighted by Gasteiger charge is -2.33. The van der Waals surface area contributed by atoms with Crippen LogP contribution >= 0.6 is 0 Å². The van der Waals surface area contributed by atoms with Gasteiger partial charge in [-0.2, -0.15) is 0 Å². The minimum atomic E-state index is -1.30. The fourth-order valence-electron chi connectivity index (χ4n) is 0.632. The van der Waals surface area contributed by atoms with Crippen molar-refractivity contribution in [2.45, 2.75) is 45.3 Å². The van der Waals surface area contributed by atoms with Gasteiger partial charge in [0.25, 0.3) is 0 Å². The van der Waals surface area contributed by atoms with Crippen molar-refractivity contribution in [3.05, 3.63) is 17.5 Å². The van der Waals surface area contributed by atoms with Crippen molar-refractivity contribution in [3.8, 4) is 0 Å². The molecule has 0 aromatic carbocycles. The van der Waals surface area contributed by atoms with Crippen LogP contribution in [-0.2, 0) is 0 Å². The molecule has 1 nitrogen and oxygen atoms in total. The van der Waals surface area contributed by atoms with Crippen LogP contribution in [-0.4, -0.2) is 19.8 Å². The van der Waals surface area contributed by atoms with Gasteiger partial charge in [-0.15, -0.1) is 5.73 Å². The smallest absolute Gasteiger partial charge is 0.0864 e. The van der Waals surface area contributed by atoms with Crippen LogP contribution in [0.1, 0.15) is 27.2 Å². The molecule has 0 saturated carbocycles. The predicted octanol–water partition coefficient (Wildman–Crippen LogP) is 3.13. The first-order chi connectivity index (χ1) is 5.81. The van der Waals surface area contributed by atoms with Crippen LogP contribution in [0.3, 0.4) is 0 Å². The van der Waals surface area contributed by atoms with Gasteiger partial charge >= 0.3 is 0 Å². The highest BCUT2D eigenvalue weighted by atomic mass is 28.3. The molecular formula is C11H22OSi. The molecule has 13 heavy (non-hydrogen) atoms. The minimum Gasteiger partial charge on any atom is -0.396 e. The molecule has 2 heteroatoms. The van der Waals surface area contributed by atoms with E-state index in [0.29, 0.717) is 11.5 Å². The van der Waals surface area contributed by atoms with Gasteiger partial charge in [-0.25, -0.2) is 0 Å². The van der Waals surface area contributed by atoms with E-state index in [0.717, 1.165) is 0 Å². The summed E-state index contributed by atoms with van der Waals surface area (Å²) < 4.78 is 0. The van der Waals surface area contributed by atoms with E-state index in [4.69, 9.17) is 5.11 Å². The second-order valence-electron chi connectivity index (χ2n) is 5.00. The summed E-state index contributed by atoms with van der Waals surface area (Å²) in [6.07, 6.45) is 2.63. The highest BCUT2D eigenvalue weighted by Gasteiger charge is 2.32. The topological polar surface area (TPSA) is 20.2 Å². The van der Waals surface area contributed by atoms with Crippen molar-refractivity contribution in [3.63, 3.8) is 0 Å². The van der Waals surface area contributed by atoms with Crippen LogP contribution in [0.15, 0.2) is 17.5 Å². The molecule has 0 saturated heterocycles. The van der Waals surface area contributed by atoms with E-state index in [1.54, 1.807) is 0 Å². The van der Waals surface area contributed by atoms with Crippen molar-refractivity contribution >= 4 is 8.07 Å². The Kier molecular flexibility index (Phi) is 4.69. The van der Waals surface area contributed by atoms with Gasteiger partial charge in [0.2, 0.25) is 0 Å². The molecule has 0 spiro atoms. The first-order valence-corrected chi connectivity index (χ1v) is 7.92. The molecule has 0 aliphatic carbocycles. The monoisotopic (exact) mass is 198 g/mol. The summed E-state index contributed by atoms with van der Waals surface area (Å²) in [5.41, 5.74) is 5.41. The molecule has 76 valence electrons. The maximum atomic E-state index is 8.58. The molecule has 0 radical (unpaired) electrons. The maximum Gasteiger partial charge on any atom is 0.0864 e. The van der Waals surface area contributed by atoms with Crippen molar-refractivity contribution < 1.29 is 5.11 Å². The van der Waals surface area contributed by atoms with Gasteiger partial charge in [-0.1, -0.05) is 39.6 Å². The molecule has 0 bridgehead atoms. The van der Waals surface area contributed by atoms with Crippen molar-refractivity contribution in [1.82, 2.24) is 0 Å². The zero-order valence-electron chi connectivity index (χ0n) is 9.52. The van der Waals surface area contributed by atoms with Crippen LogP contribution in [0.4, 0.5) is 0 Å². The average molecular weight is 198 g/mol. The fourth-order valence-corrected chi connectivity index (χ4v) is 1.60. The van der Waals surface area contributed by atoms with Gasteiger partial charge in [0.05, 0.1) is 8.07 Å². The lowest BCUT2D eigenvalue weighted by atomic mass is 10.2. The van der Waals surface area contributed by atoms with Crippen LogP contribution < -0.4 is 0 Å². The Bertz CT molecular complexity index is 205. The van der Waals surface area contributed by atoms with Crippen molar-refractivity contribution in [1.29, 1.82) is 0 Å². The van der Waals surface area contributed by atoms with Crippen LogP contribution in [0.25, 0.3) is 0 Å². The van der Waals surface area contributed by atoms with E-state index in [9.17, 15) is 0 Å². The summed E-state index contributed by atoms with van der Waals surface area (Å²) in [6, 6.07) is 0. The summed E-state index contributed by atoms with van der Waals surface area (Å²) >= 11 is 0. The van der Waals surface area contributed by atoms with E-state index in [1.165, 1.54) is 0 Å². The van der Waals surface area contributed by atoms with Gasteiger partial charge < -0.3 is 5.11 Å². The minimum absolute atomic E-state index is 0.221. The molecule has 1 N–H and O–H groups in total. The molecule has 0 aromatic rings. The molecule has 0 aliphatic heterocycles. The number of rotatable bonds is 3. The molecule has 0 heterocycles. The molecule has 0 aromatic heterocycles. The Morgan fingerprint density at radius 3 is 2.23 bits per heavy atom. The van der Waals surface area contributed by atoms with Gasteiger partial charge in [0.15, 0.2) is 0 Å². The summed E-state index contributed by atoms with van der Waals surface area (Å²) in [7, 11) is -1.30. The average Bonchev–Trinajstić information content (AvgIpc) is 1.96. The largest absolute Gasteiger partial charge is 0.396 e. The lowest BCUT2D eigenvalue weighted by Crippen LogP contribution is -2.34. The van der Waals surface area contributed by atoms with Crippen LogP contribution in [0, 0.1) is 0 Å². The molecular weight excluding hydrogens is 176 g/mol. The Hall–Kier alpha value is -0.303. The Labute approximate surface area is 83.2 Å². The number of aliphatic hydroxyl groups excluding tert-OH is 1. The van der Waals surface area contributed by atoms with Gasteiger partial charge in [0.1, 0.15) is 0 Å². The summed E-state index contributed by atoms with van der Waals surface area (Å²) in [5, 5.41) is 8.96. The number of aliphatic hydroxyl groups is 1. The second kappa shape index (κ2) is 4.80. The van der Waals surface area contributed by atoms with Crippen LogP contribution in [0.5, 0.6) is 0 Å². The third kappa shape index (κ3) is 4.46.